The van der Waals surface area contributed by atoms with Crippen molar-refractivity contribution in [2.75, 3.05) is 45.9 Å². The molecule has 118 valence electrons. The SMILES string of the molecule is CCOC(CN1CCCC(C(=O)NCCN)C1)OCC. The summed E-state index contributed by atoms with van der Waals surface area (Å²) in [6.45, 7) is 8.73. The summed E-state index contributed by atoms with van der Waals surface area (Å²) in [7, 11) is 0. The normalized spacial score (nSPS) is 20.3. The lowest BCUT2D eigenvalue weighted by Crippen LogP contribution is -2.46. The Kier molecular flexibility index (Phi) is 8.77. The molecule has 6 heteroatoms. The maximum Gasteiger partial charge on any atom is 0.224 e. The van der Waals surface area contributed by atoms with Gasteiger partial charge in [0, 0.05) is 39.4 Å². The number of piperidine rings is 1. The summed E-state index contributed by atoms with van der Waals surface area (Å²) < 4.78 is 11.1. The lowest BCUT2D eigenvalue weighted by Gasteiger charge is -2.34. The van der Waals surface area contributed by atoms with Gasteiger partial charge in [-0.25, -0.2) is 0 Å². The van der Waals surface area contributed by atoms with Crippen LogP contribution in [0.4, 0.5) is 0 Å². The zero-order chi connectivity index (χ0) is 14.8. The minimum absolute atomic E-state index is 0.0548. The summed E-state index contributed by atoms with van der Waals surface area (Å²) >= 11 is 0. The Morgan fingerprint density at radius 1 is 1.40 bits per heavy atom. The number of nitrogens with two attached hydrogens (primary N) is 1. The molecule has 6 nitrogen and oxygen atoms in total. The first-order chi connectivity index (χ1) is 9.71. The largest absolute Gasteiger partial charge is 0.355 e. The molecule has 1 saturated heterocycles. The van der Waals surface area contributed by atoms with E-state index in [1.165, 1.54) is 0 Å². The Balaban J connectivity index is 2.40. The number of nitrogens with zero attached hydrogens (tertiary/aromatic N) is 1. The molecule has 0 radical (unpaired) electrons. The van der Waals surface area contributed by atoms with Gasteiger partial charge < -0.3 is 20.5 Å². The van der Waals surface area contributed by atoms with E-state index in [1.54, 1.807) is 0 Å². The van der Waals surface area contributed by atoms with Gasteiger partial charge in [-0.15, -0.1) is 0 Å². The van der Waals surface area contributed by atoms with Gasteiger partial charge >= 0.3 is 0 Å². The smallest absolute Gasteiger partial charge is 0.224 e. The zero-order valence-electron chi connectivity index (χ0n) is 12.8. The molecule has 0 aromatic heterocycles. The second kappa shape index (κ2) is 10.1. The fourth-order valence-corrected chi connectivity index (χ4v) is 2.51. The first-order valence-corrected chi connectivity index (χ1v) is 7.64. The highest BCUT2D eigenvalue weighted by Crippen LogP contribution is 2.17. The van der Waals surface area contributed by atoms with Crippen LogP contribution >= 0.6 is 0 Å². The van der Waals surface area contributed by atoms with Crippen molar-refractivity contribution in [2.24, 2.45) is 11.7 Å². The predicted molar refractivity (Wildman–Crippen MR) is 78.3 cm³/mol. The van der Waals surface area contributed by atoms with Crippen molar-refractivity contribution >= 4 is 5.91 Å². The van der Waals surface area contributed by atoms with E-state index in [0.29, 0.717) is 26.3 Å². The van der Waals surface area contributed by atoms with Crippen molar-refractivity contribution < 1.29 is 14.3 Å². The molecular formula is C14H29N3O3. The van der Waals surface area contributed by atoms with E-state index >= 15 is 0 Å². The fraction of sp³-hybridized carbons (Fsp3) is 0.929. The van der Waals surface area contributed by atoms with E-state index < -0.39 is 0 Å². The average molecular weight is 287 g/mol. The van der Waals surface area contributed by atoms with Crippen LogP contribution < -0.4 is 11.1 Å². The number of rotatable bonds is 9. The van der Waals surface area contributed by atoms with Crippen molar-refractivity contribution in [2.45, 2.75) is 33.0 Å². The van der Waals surface area contributed by atoms with Crippen LogP contribution in [0.5, 0.6) is 0 Å². The molecule has 0 aromatic carbocycles. The van der Waals surface area contributed by atoms with Crippen LogP contribution in [0, 0.1) is 5.92 Å². The molecular weight excluding hydrogens is 258 g/mol. The molecule has 0 spiro atoms. The maximum absolute atomic E-state index is 12.0. The van der Waals surface area contributed by atoms with Gasteiger partial charge in [-0.1, -0.05) is 0 Å². The van der Waals surface area contributed by atoms with Gasteiger partial charge in [0.1, 0.15) is 0 Å². The van der Waals surface area contributed by atoms with Crippen LogP contribution in [-0.2, 0) is 14.3 Å². The number of likely N-dealkylation sites (tertiary alicyclic amines) is 1. The van der Waals surface area contributed by atoms with Crippen molar-refractivity contribution in [1.82, 2.24) is 10.2 Å². The first-order valence-electron chi connectivity index (χ1n) is 7.64. The molecule has 0 bridgehead atoms. The van der Waals surface area contributed by atoms with Crippen molar-refractivity contribution in [3.8, 4) is 0 Å². The molecule has 0 aromatic rings. The van der Waals surface area contributed by atoms with Gasteiger partial charge in [-0.2, -0.15) is 0 Å². The molecule has 1 aliphatic heterocycles. The predicted octanol–water partition coefficient (Wildman–Crippen LogP) is 0.172. The van der Waals surface area contributed by atoms with E-state index in [2.05, 4.69) is 10.2 Å². The standard InChI is InChI=1S/C14H29N3O3/c1-3-19-13(20-4-2)11-17-9-5-6-12(10-17)14(18)16-8-7-15/h12-13H,3-11,15H2,1-2H3,(H,16,18). The monoisotopic (exact) mass is 287 g/mol. The van der Waals surface area contributed by atoms with E-state index in [4.69, 9.17) is 15.2 Å². The lowest BCUT2D eigenvalue weighted by atomic mass is 9.97. The van der Waals surface area contributed by atoms with Gasteiger partial charge in [0.05, 0.1) is 5.92 Å². The van der Waals surface area contributed by atoms with E-state index in [9.17, 15) is 4.79 Å². The Hall–Kier alpha value is -0.690. The number of amides is 1. The van der Waals surface area contributed by atoms with Crippen LogP contribution in [0.15, 0.2) is 0 Å². The molecule has 1 aliphatic rings. The van der Waals surface area contributed by atoms with Crippen LogP contribution in [0.2, 0.25) is 0 Å². The van der Waals surface area contributed by atoms with Crippen LogP contribution in [0.25, 0.3) is 0 Å². The summed E-state index contributed by atoms with van der Waals surface area (Å²) in [5.41, 5.74) is 5.41. The van der Waals surface area contributed by atoms with Gasteiger partial charge in [-0.3, -0.25) is 9.69 Å². The average Bonchev–Trinajstić information content (AvgIpc) is 2.45. The molecule has 1 atom stereocenters. The molecule has 20 heavy (non-hydrogen) atoms. The molecule has 1 amide bonds. The number of ether oxygens (including phenoxy) is 2. The van der Waals surface area contributed by atoms with Gasteiger partial charge in [0.15, 0.2) is 6.29 Å². The van der Waals surface area contributed by atoms with Crippen molar-refractivity contribution in [3.05, 3.63) is 0 Å². The highest BCUT2D eigenvalue weighted by atomic mass is 16.7. The minimum Gasteiger partial charge on any atom is -0.355 e. The lowest BCUT2D eigenvalue weighted by molar-refractivity contribution is -0.151. The molecule has 1 fully saturated rings. The van der Waals surface area contributed by atoms with E-state index in [0.717, 1.165) is 32.5 Å². The summed E-state index contributed by atoms with van der Waals surface area (Å²) in [4.78, 5) is 14.2. The summed E-state index contributed by atoms with van der Waals surface area (Å²) in [5.74, 6) is 0.170. The number of nitrogens with one attached hydrogen (secondary N) is 1. The Labute approximate surface area is 122 Å². The third kappa shape index (κ3) is 6.17. The van der Waals surface area contributed by atoms with E-state index in [-0.39, 0.29) is 18.1 Å². The molecule has 1 unspecified atom stereocenters. The van der Waals surface area contributed by atoms with Gasteiger partial charge in [-0.05, 0) is 33.2 Å². The Morgan fingerprint density at radius 3 is 2.70 bits per heavy atom. The Bertz CT molecular complexity index is 270. The summed E-state index contributed by atoms with van der Waals surface area (Å²) in [6, 6.07) is 0. The van der Waals surface area contributed by atoms with Gasteiger partial charge in [0.2, 0.25) is 5.91 Å². The fourth-order valence-electron chi connectivity index (χ4n) is 2.51. The second-order valence-electron chi connectivity index (χ2n) is 5.02. The van der Waals surface area contributed by atoms with Crippen LogP contribution in [0.1, 0.15) is 26.7 Å². The van der Waals surface area contributed by atoms with Crippen molar-refractivity contribution in [3.63, 3.8) is 0 Å². The quantitative estimate of drug-likeness (QED) is 0.591. The minimum atomic E-state index is -0.198. The number of hydrogen-bond donors (Lipinski definition) is 2. The highest BCUT2D eigenvalue weighted by molar-refractivity contribution is 5.78. The first kappa shape index (κ1) is 17.4. The third-order valence-corrected chi connectivity index (χ3v) is 3.43. The number of hydrogen-bond acceptors (Lipinski definition) is 5. The highest BCUT2D eigenvalue weighted by Gasteiger charge is 2.27. The number of carbonyl (C=O) groups is 1. The van der Waals surface area contributed by atoms with Gasteiger partial charge in [0.25, 0.3) is 0 Å². The summed E-state index contributed by atoms with van der Waals surface area (Å²) in [6.07, 6.45) is 1.78. The molecule has 0 saturated carbocycles. The molecule has 1 heterocycles. The third-order valence-electron chi connectivity index (χ3n) is 3.43. The molecule has 0 aliphatic carbocycles. The van der Waals surface area contributed by atoms with Crippen LogP contribution in [0.3, 0.4) is 0 Å². The molecule has 3 N–H and O–H groups in total. The van der Waals surface area contributed by atoms with Crippen molar-refractivity contribution in [1.29, 1.82) is 0 Å². The topological polar surface area (TPSA) is 76.8 Å². The number of carbonyl (C=O) groups excluding carboxylic acids is 1. The second-order valence-corrected chi connectivity index (χ2v) is 5.02. The maximum atomic E-state index is 12.0. The molecule has 1 rings (SSSR count). The zero-order valence-corrected chi connectivity index (χ0v) is 12.8. The van der Waals surface area contributed by atoms with E-state index in [1.807, 2.05) is 13.8 Å². The Morgan fingerprint density at radius 2 is 2.10 bits per heavy atom. The van der Waals surface area contributed by atoms with Crippen LogP contribution in [-0.4, -0.2) is 63.0 Å². The summed E-state index contributed by atoms with van der Waals surface area (Å²) in [5, 5.41) is 2.87.